The molecule has 2 heterocycles. The predicted molar refractivity (Wildman–Crippen MR) is 94.9 cm³/mol. The highest BCUT2D eigenvalue weighted by molar-refractivity contribution is 5.89. The second kappa shape index (κ2) is 8.02. The van der Waals surface area contributed by atoms with Gasteiger partial charge in [-0.2, -0.15) is 5.10 Å². The molecule has 3 rings (SSSR count). The first-order valence-electron chi connectivity index (χ1n) is 8.53. The van der Waals surface area contributed by atoms with Gasteiger partial charge in [-0.05, 0) is 31.5 Å². The standard InChI is InChI=1S/C18H24N4O3/c1-3-24-16-6-4-5-15(9-16)20-18(23)21-7-8-25-17(12-21)13-22-11-14(2)10-19-22/h4-6,9-11,17H,3,7-8,12-13H2,1-2H3,(H,20,23). The van der Waals surface area contributed by atoms with Crippen LogP contribution in [-0.4, -0.2) is 53.1 Å². The molecule has 0 saturated carbocycles. The molecule has 1 aromatic carbocycles. The van der Waals surface area contributed by atoms with Crippen molar-refractivity contribution in [2.24, 2.45) is 0 Å². The first-order chi connectivity index (χ1) is 12.1. The molecule has 1 aromatic heterocycles. The molecule has 2 aromatic rings. The normalized spacial score (nSPS) is 17.4. The second-order valence-corrected chi connectivity index (χ2v) is 6.07. The van der Waals surface area contributed by atoms with Gasteiger partial charge in [-0.25, -0.2) is 4.79 Å². The molecule has 0 aliphatic carbocycles. The lowest BCUT2D eigenvalue weighted by molar-refractivity contribution is -0.0219. The molecule has 134 valence electrons. The van der Waals surface area contributed by atoms with Gasteiger partial charge in [0.05, 0.1) is 38.6 Å². The Morgan fingerprint density at radius 2 is 2.36 bits per heavy atom. The van der Waals surface area contributed by atoms with Gasteiger partial charge in [0.25, 0.3) is 0 Å². The van der Waals surface area contributed by atoms with Gasteiger partial charge < -0.3 is 19.7 Å². The lowest BCUT2D eigenvalue weighted by atomic mass is 10.2. The quantitative estimate of drug-likeness (QED) is 0.905. The number of aromatic nitrogens is 2. The van der Waals surface area contributed by atoms with Crippen LogP contribution in [0.5, 0.6) is 5.75 Å². The Labute approximate surface area is 147 Å². The smallest absolute Gasteiger partial charge is 0.322 e. The van der Waals surface area contributed by atoms with E-state index in [4.69, 9.17) is 9.47 Å². The summed E-state index contributed by atoms with van der Waals surface area (Å²) in [5.41, 5.74) is 1.83. The highest BCUT2D eigenvalue weighted by Crippen LogP contribution is 2.18. The molecule has 1 aliphatic rings. The van der Waals surface area contributed by atoms with Gasteiger partial charge in [0.2, 0.25) is 0 Å². The van der Waals surface area contributed by atoms with Crippen molar-refractivity contribution < 1.29 is 14.3 Å². The largest absolute Gasteiger partial charge is 0.494 e. The molecule has 1 aliphatic heterocycles. The molecule has 1 N–H and O–H groups in total. The van der Waals surface area contributed by atoms with Crippen LogP contribution in [0.25, 0.3) is 0 Å². The molecule has 7 heteroatoms. The third kappa shape index (κ3) is 4.73. The van der Waals surface area contributed by atoms with E-state index in [0.717, 1.165) is 17.0 Å². The minimum atomic E-state index is -0.126. The van der Waals surface area contributed by atoms with Crippen molar-refractivity contribution in [3.63, 3.8) is 0 Å². The molecule has 25 heavy (non-hydrogen) atoms. The third-order valence-electron chi connectivity index (χ3n) is 3.98. The Morgan fingerprint density at radius 1 is 1.48 bits per heavy atom. The lowest BCUT2D eigenvalue weighted by Gasteiger charge is -2.33. The van der Waals surface area contributed by atoms with Crippen LogP contribution in [0.15, 0.2) is 36.7 Å². The number of anilines is 1. The number of carbonyl (C=O) groups is 1. The zero-order chi connectivity index (χ0) is 17.6. The van der Waals surface area contributed by atoms with Crippen LogP contribution in [0.4, 0.5) is 10.5 Å². The number of rotatable bonds is 5. The summed E-state index contributed by atoms with van der Waals surface area (Å²) in [6, 6.07) is 7.29. The van der Waals surface area contributed by atoms with E-state index in [1.54, 1.807) is 4.90 Å². The fourth-order valence-corrected chi connectivity index (χ4v) is 2.82. The van der Waals surface area contributed by atoms with E-state index in [9.17, 15) is 4.79 Å². The van der Waals surface area contributed by atoms with Gasteiger partial charge >= 0.3 is 6.03 Å². The molecule has 1 unspecified atom stereocenters. The van der Waals surface area contributed by atoms with Crippen molar-refractivity contribution >= 4 is 11.7 Å². The Kier molecular flexibility index (Phi) is 5.55. The number of hydrogen-bond acceptors (Lipinski definition) is 4. The monoisotopic (exact) mass is 344 g/mol. The topological polar surface area (TPSA) is 68.6 Å². The predicted octanol–water partition coefficient (Wildman–Crippen LogP) is 2.52. The van der Waals surface area contributed by atoms with E-state index in [0.29, 0.717) is 32.8 Å². The Morgan fingerprint density at radius 3 is 3.12 bits per heavy atom. The van der Waals surface area contributed by atoms with E-state index < -0.39 is 0 Å². The van der Waals surface area contributed by atoms with Crippen LogP contribution >= 0.6 is 0 Å². The number of urea groups is 1. The van der Waals surface area contributed by atoms with E-state index in [2.05, 4.69) is 10.4 Å². The van der Waals surface area contributed by atoms with Gasteiger partial charge in [-0.1, -0.05) is 6.07 Å². The maximum Gasteiger partial charge on any atom is 0.322 e. The molecular weight excluding hydrogens is 320 g/mol. The molecule has 7 nitrogen and oxygen atoms in total. The van der Waals surface area contributed by atoms with Gasteiger partial charge in [0.15, 0.2) is 0 Å². The fourth-order valence-electron chi connectivity index (χ4n) is 2.82. The van der Waals surface area contributed by atoms with Crippen LogP contribution in [-0.2, 0) is 11.3 Å². The van der Waals surface area contributed by atoms with E-state index in [1.807, 2.05) is 55.2 Å². The van der Waals surface area contributed by atoms with Gasteiger partial charge in [0, 0.05) is 24.5 Å². The summed E-state index contributed by atoms with van der Waals surface area (Å²) in [5, 5.41) is 7.21. The zero-order valence-electron chi connectivity index (χ0n) is 14.6. The third-order valence-corrected chi connectivity index (χ3v) is 3.98. The summed E-state index contributed by atoms with van der Waals surface area (Å²) in [6.45, 7) is 6.80. The van der Waals surface area contributed by atoms with E-state index in [1.165, 1.54) is 0 Å². The first kappa shape index (κ1) is 17.3. The molecule has 1 saturated heterocycles. The molecule has 1 atom stereocenters. The number of benzene rings is 1. The van der Waals surface area contributed by atoms with Crippen LogP contribution in [0.1, 0.15) is 12.5 Å². The molecule has 0 radical (unpaired) electrons. The SMILES string of the molecule is CCOc1cccc(NC(=O)N2CCOC(Cn3cc(C)cn3)C2)c1. The summed E-state index contributed by atoms with van der Waals surface area (Å²) in [4.78, 5) is 14.3. The van der Waals surface area contributed by atoms with Crippen molar-refractivity contribution in [3.05, 3.63) is 42.2 Å². The maximum absolute atomic E-state index is 12.5. The minimum absolute atomic E-state index is 0.0615. The fraction of sp³-hybridized carbons (Fsp3) is 0.444. The van der Waals surface area contributed by atoms with Crippen LogP contribution < -0.4 is 10.1 Å². The number of morpholine rings is 1. The number of nitrogens with one attached hydrogen (secondary N) is 1. The minimum Gasteiger partial charge on any atom is -0.494 e. The van der Waals surface area contributed by atoms with Gasteiger partial charge in [-0.3, -0.25) is 4.68 Å². The Bertz CT molecular complexity index is 716. The summed E-state index contributed by atoms with van der Waals surface area (Å²) in [5.74, 6) is 0.745. The van der Waals surface area contributed by atoms with Crippen LogP contribution in [0.2, 0.25) is 0 Å². The average molecular weight is 344 g/mol. The summed E-state index contributed by atoms with van der Waals surface area (Å²) < 4.78 is 13.1. The molecule has 1 fully saturated rings. The summed E-state index contributed by atoms with van der Waals surface area (Å²) in [7, 11) is 0. The number of amides is 2. The lowest BCUT2D eigenvalue weighted by Crippen LogP contribution is -2.48. The van der Waals surface area contributed by atoms with Gasteiger partial charge in [0.1, 0.15) is 5.75 Å². The Balaban J connectivity index is 1.57. The number of hydrogen-bond donors (Lipinski definition) is 1. The van der Waals surface area contributed by atoms with Crippen LogP contribution in [0, 0.1) is 6.92 Å². The number of ether oxygens (including phenoxy) is 2. The average Bonchev–Trinajstić information content (AvgIpc) is 3.00. The molecule has 2 amide bonds. The highest BCUT2D eigenvalue weighted by atomic mass is 16.5. The van der Waals surface area contributed by atoms with Crippen molar-refractivity contribution in [1.29, 1.82) is 0 Å². The number of nitrogens with zero attached hydrogens (tertiary/aromatic N) is 3. The molecule has 0 bridgehead atoms. The van der Waals surface area contributed by atoms with Crippen LogP contribution in [0.3, 0.4) is 0 Å². The zero-order valence-corrected chi connectivity index (χ0v) is 14.6. The first-order valence-corrected chi connectivity index (χ1v) is 8.53. The van der Waals surface area contributed by atoms with Crippen molar-refractivity contribution in [1.82, 2.24) is 14.7 Å². The summed E-state index contributed by atoms with van der Waals surface area (Å²) >= 11 is 0. The second-order valence-electron chi connectivity index (χ2n) is 6.07. The van der Waals surface area contributed by atoms with Crippen molar-refractivity contribution in [3.8, 4) is 5.75 Å². The molecular formula is C18H24N4O3. The van der Waals surface area contributed by atoms with E-state index in [-0.39, 0.29) is 12.1 Å². The highest BCUT2D eigenvalue weighted by Gasteiger charge is 2.24. The number of carbonyl (C=O) groups excluding carboxylic acids is 1. The Hall–Kier alpha value is -2.54. The maximum atomic E-state index is 12.5. The number of aryl methyl sites for hydroxylation is 1. The molecule has 0 spiro atoms. The van der Waals surface area contributed by atoms with Crippen molar-refractivity contribution in [2.45, 2.75) is 26.5 Å². The van der Waals surface area contributed by atoms with E-state index >= 15 is 0 Å². The van der Waals surface area contributed by atoms with Crippen molar-refractivity contribution in [2.75, 3.05) is 31.6 Å². The summed E-state index contributed by atoms with van der Waals surface area (Å²) in [6.07, 6.45) is 3.73. The van der Waals surface area contributed by atoms with Gasteiger partial charge in [-0.15, -0.1) is 0 Å².